The molecule has 2 N–H and O–H groups in total. The zero-order valence-electron chi connectivity index (χ0n) is 22.2. The number of halogens is 6. The maximum absolute atomic E-state index is 13.2. The van der Waals surface area contributed by atoms with Crippen molar-refractivity contribution in [2.24, 2.45) is 0 Å². The van der Waals surface area contributed by atoms with Gasteiger partial charge in [-0.2, -0.15) is 38.1 Å². The molecule has 0 saturated carbocycles. The van der Waals surface area contributed by atoms with Crippen molar-refractivity contribution in [3.8, 4) is 0 Å². The first-order chi connectivity index (χ1) is 18.6. The van der Waals surface area contributed by atoms with Crippen molar-refractivity contribution in [2.75, 3.05) is 17.3 Å². The third-order valence-electron chi connectivity index (χ3n) is 6.13. The summed E-state index contributed by atoms with van der Waals surface area (Å²) in [6.45, 7) is 5.24. The normalized spacial score (nSPS) is 12.7. The maximum Gasteiger partial charge on any atom is 0.416 e. The molecular formula is C29H28F6N2O2S. The number of benzene rings is 3. The number of hydrogen-bond acceptors (Lipinski definition) is 3. The molecule has 40 heavy (non-hydrogen) atoms. The molecule has 3 aromatic rings. The van der Waals surface area contributed by atoms with Crippen molar-refractivity contribution in [3.63, 3.8) is 0 Å². The van der Waals surface area contributed by atoms with Gasteiger partial charge in [0.25, 0.3) is 11.8 Å². The molecule has 3 aromatic carbocycles. The molecule has 0 aromatic heterocycles. The van der Waals surface area contributed by atoms with Crippen LogP contribution in [0, 0.1) is 13.8 Å². The number of carbonyl (C=O) groups is 2. The fraction of sp³-hybridized carbons (Fsp3) is 0.310. The molecule has 0 saturated heterocycles. The molecule has 0 aliphatic carbocycles. The number of hydrogen-bond donors (Lipinski definition) is 2. The predicted octanol–water partition coefficient (Wildman–Crippen LogP) is 7.67. The van der Waals surface area contributed by atoms with Crippen molar-refractivity contribution >= 4 is 29.3 Å². The molecule has 0 bridgehead atoms. The Balaban J connectivity index is 1.85. The minimum atomic E-state index is -4.93. The van der Waals surface area contributed by atoms with Gasteiger partial charge >= 0.3 is 12.4 Å². The Morgan fingerprint density at radius 1 is 0.825 bits per heavy atom. The summed E-state index contributed by atoms with van der Waals surface area (Å²) in [7, 11) is 0. The molecule has 11 heteroatoms. The topological polar surface area (TPSA) is 58.2 Å². The predicted molar refractivity (Wildman–Crippen MR) is 145 cm³/mol. The molecule has 214 valence electrons. The van der Waals surface area contributed by atoms with Gasteiger partial charge < -0.3 is 10.6 Å². The summed E-state index contributed by atoms with van der Waals surface area (Å²) >= 11 is 1.58. The first-order valence-electron chi connectivity index (χ1n) is 12.2. The lowest BCUT2D eigenvalue weighted by molar-refractivity contribution is -0.143. The molecule has 2 amide bonds. The highest BCUT2D eigenvalue weighted by molar-refractivity contribution is 7.98. The summed E-state index contributed by atoms with van der Waals surface area (Å²) < 4.78 is 79.3. The zero-order valence-corrected chi connectivity index (χ0v) is 23.0. The fourth-order valence-corrected chi connectivity index (χ4v) is 4.85. The number of thioether (sulfide) groups is 1. The molecule has 0 fully saturated rings. The van der Waals surface area contributed by atoms with Crippen molar-refractivity contribution < 1.29 is 35.9 Å². The second kappa shape index (κ2) is 12.4. The minimum absolute atomic E-state index is 0.0939. The second-order valence-electron chi connectivity index (χ2n) is 9.52. The Morgan fingerprint density at radius 3 is 2.00 bits per heavy atom. The lowest BCUT2D eigenvalue weighted by atomic mass is 9.97. The van der Waals surface area contributed by atoms with Gasteiger partial charge in [-0.1, -0.05) is 24.3 Å². The number of carbonyl (C=O) groups excluding carboxylic acids is 2. The number of anilines is 1. The van der Waals surface area contributed by atoms with Gasteiger partial charge in [-0.15, -0.1) is 0 Å². The summed E-state index contributed by atoms with van der Waals surface area (Å²) in [6.07, 6.45) is -8.13. The molecule has 0 unspecified atom stereocenters. The Bertz CT molecular complexity index is 1370. The van der Waals surface area contributed by atoms with Gasteiger partial charge in [0, 0.05) is 17.5 Å². The van der Waals surface area contributed by atoms with E-state index in [4.69, 9.17) is 0 Å². The largest absolute Gasteiger partial charge is 0.416 e. The average molecular weight is 583 g/mol. The van der Waals surface area contributed by atoms with Gasteiger partial charge in [0.05, 0.1) is 22.3 Å². The van der Waals surface area contributed by atoms with E-state index in [0.717, 1.165) is 0 Å². The van der Waals surface area contributed by atoms with E-state index in [0.29, 0.717) is 40.3 Å². The monoisotopic (exact) mass is 582 g/mol. The smallest absolute Gasteiger partial charge is 0.349 e. The van der Waals surface area contributed by atoms with Crippen LogP contribution < -0.4 is 10.6 Å². The Morgan fingerprint density at radius 2 is 1.45 bits per heavy atom. The minimum Gasteiger partial charge on any atom is -0.349 e. The summed E-state index contributed by atoms with van der Waals surface area (Å²) in [5.41, 5.74) is -0.483. The Labute approximate surface area is 232 Å². The van der Waals surface area contributed by atoms with E-state index >= 15 is 0 Å². The van der Waals surface area contributed by atoms with Crippen LogP contribution >= 0.6 is 11.8 Å². The van der Waals surface area contributed by atoms with Crippen LogP contribution in [0.4, 0.5) is 32.0 Å². The van der Waals surface area contributed by atoms with E-state index in [1.807, 2.05) is 13.2 Å². The summed E-state index contributed by atoms with van der Waals surface area (Å²) in [4.78, 5) is 26.1. The van der Waals surface area contributed by atoms with Crippen LogP contribution in [0.15, 0.2) is 54.6 Å². The van der Waals surface area contributed by atoms with Crippen molar-refractivity contribution in [1.82, 2.24) is 5.32 Å². The van der Waals surface area contributed by atoms with Crippen LogP contribution in [-0.4, -0.2) is 29.9 Å². The quantitative estimate of drug-likeness (QED) is 0.268. The summed E-state index contributed by atoms with van der Waals surface area (Å²) in [5.74, 6) is -0.214. The lowest BCUT2D eigenvalue weighted by Gasteiger charge is -2.17. The van der Waals surface area contributed by atoms with E-state index in [1.54, 1.807) is 43.8 Å². The fourth-order valence-electron chi connectivity index (χ4n) is 4.27. The summed E-state index contributed by atoms with van der Waals surface area (Å²) in [6, 6.07) is 10.9. The summed E-state index contributed by atoms with van der Waals surface area (Å²) in [5, 5.41) is 5.64. The first-order valence-corrected chi connectivity index (χ1v) is 13.6. The second-order valence-corrected chi connectivity index (χ2v) is 10.4. The van der Waals surface area contributed by atoms with Crippen LogP contribution in [0.1, 0.15) is 61.0 Å². The average Bonchev–Trinajstić information content (AvgIpc) is 2.84. The van der Waals surface area contributed by atoms with E-state index < -0.39 is 29.4 Å². The Kier molecular flexibility index (Phi) is 9.60. The highest BCUT2D eigenvalue weighted by atomic mass is 32.2. The van der Waals surface area contributed by atoms with Gasteiger partial charge in [0.2, 0.25) is 0 Å². The molecule has 0 aliphatic rings. The first kappa shape index (κ1) is 31.1. The van der Waals surface area contributed by atoms with Gasteiger partial charge in [0.1, 0.15) is 0 Å². The molecule has 0 radical (unpaired) electrons. The van der Waals surface area contributed by atoms with Gasteiger partial charge in [-0.05, 0) is 86.0 Å². The van der Waals surface area contributed by atoms with Crippen LogP contribution in [0.2, 0.25) is 0 Å². The number of nitrogens with one attached hydrogen (secondary N) is 2. The van der Waals surface area contributed by atoms with Crippen molar-refractivity contribution in [1.29, 1.82) is 0 Å². The number of alkyl halides is 6. The van der Waals surface area contributed by atoms with Gasteiger partial charge in [-0.3, -0.25) is 9.59 Å². The highest BCUT2D eigenvalue weighted by Crippen LogP contribution is 2.37. The lowest BCUT2D eigenvalue weighted by Crippen LogP contribution is -2.36. The van der Waals surface area contributed by atoms with Crippen LogP contribution in [0.25, 0.3) is 0 Å². The molecule has 0 aliphatic heterocycles. The number of rotatable bonds is 8. The van der Waals surface area contributed by atoms with Crippen LogP contribution in [0.3, 0.4) is 0 Å². The van der Waals surface area contributed by atoms with Crippen LogP contribution in [-0.2, 0) is 18.8 Å². The van der Waals surface area contributed by atoms with E-state index in [-0.39, 0.29) is 41.1 Å². The molecule has 0 spiro atoms. The zero-order chi connectivity index (χ0) is 29.8. The van der Waals surface area contributed by atoms with Gasteiger partial charge in [0.15, 0.2) is 0 Å². The molecular weight excluding hydrogens is 554 g/mol. The van der Waals surface area contributed by atoms with Crippen molar-refractivity contribution in [3.05, 3.63) is 99.1 Å². The van der Waals surface area contributed by atoms with Gasteiger partial charge in [-0.25, -0.2) is 0 Å². The van der Waals surface area contributed by atoms with Crippen LogP contribution in [0.5, 0.6) is 0 Å². The molecule has 0 heterocycles. The number of amides is 2. The standard InChI is InChI=1S/C29H28F6N2O2S/c1-16-6-5-7-23(25(16)27(39)36-18(3)15-40-4)26(38)37-24-9-8-19(10-17(24)2)11-20-12-21(28(30,31)32)14-22(13-20)29(33,34)35/h5-10,12-14,18H,11,15H2,1-4H3,(H,36,39)(H,37,38)/t18-/m0/s1. The number of aryl methyl sites for hydroxylation is 2. The molecule has 3 rings (SSSR count). The molecule has 4 nitrogen and oxygen atoms in total. The SMILES string of the molecule is CSC[C@H](C)NC(=O)c1c(C)cccc1C(=O)Nc1ccc(Cc2cc(C(F)(F)F)cc(C(F)(F)F)c2)cc1C. The third kappa shape index (κ3) is 7.80. The van der Waals surface area contributed by atoms with Crippen molar-refractivity contribution in [2.45, 2.75) is 45.6 Å². The highest BCUT2D eigenvalue weighted by Gasteiger charge is 2.36. The van der Waals surface area contributed by atoms with E-state index in [9.17, 15) is 35.9 Å². The van der Waals surface area contributed by atoms with E-state index in [1.165, 1.54) is 18.2 Å². The maximum atomic E-state index is 13.2. The molecule has 1 atom stereocenters. The van der Waals surface area contributed by atoms with E-state index in [2.05, 4.69) is 10.6 Å². The third-order valence-corrected chi connectivity index (χ3v) is 6.97. The Hall–Kier alpha value is -3.47.